The van der Waals surface area contributed by atoms with Gasteiger partial charge in [0, 0.05) is 5.56 Å². The molecule has 6 heteroatoms. The van der Waals surface area contributed by atoms with Crippen LogP contribution in [-0.4, -0.2) is 25.1 Å². The Kier molecular flexibility index (Phi) is 5.46. The number of carbonyl (C=O) groups excluding carboxylic acids is 1. The second-order valence-electron chi connectivity index (χ2n) is 4.78. The smallest absolute Gasteiger partial charge is 0.203 e. The third-order valence-electron chi connectivity index (χ3n) is 3.30. The van der Waals surface area contributed by atoms with Crippen LogP contribution in [-0.2, 0) is 0 Å². The summed E-state index contributed by atoms with van der Waals surface area (Å²) in [6.07, 6.45) is 1.39. The van der Waals surface area contributed by atoms with Crippen molar-refractivity contribution in [1.29, 1.82) is 5.26 Å². The number of allylic oxidation sites excluding steroid dienone is 1. The van der Waals surface area contributed by atoms with Crippen molar-refractivity contribution < 1.29 is 19.4 Å². The first-order valence-corrected chi connectivity index (χ1v) is 7.25. The lowest BCUT2D eigenvalue weighted by Crippen LogP contribution is -2.02. The zero-order chi connectivity index (χ0) is 17.7. The molecule has 0 spiro atoms. The number of carbonyl (C=O) groups is 1. The van der Waals surface area contributed by atoms with Crippen molar-refractivity contribution >= 4 is 23.5 Å². The predicted octanol–water partition coefficient (Wildman–Crippen LogP) is 3.85. The van der Waals surface area contributed by atoms with Crippen LogP contribution in [0.1, 0.15) is 15.9 Å². The Morgan fingerprint density at radius 2 is 1.88 bits per heavy atom. The number of halogens is 1. The van der Waals surface area contributed by atoms with Gasteiger partial charge < -0.3 is 14.6 Å². The Bertz CT molecular complexity index is 835. The number of hydrogen-bond acceptors (Lipinski definition) is 5. The number of ketones is 1. The third kappa shape index (κ3) is 3.67. The van der Waals surface area contributed by atoms with E-state index in [9.17, 15) is 15.2 Å². The molecule has 0 aromatic heterocycles. The second kappa shape index (κ2) is 7.53. The number of ether oxygens (including phenoxy) is 2. The minimum Gasteiger partial charge on any atom is -0.503 e. The van der Waals surface area contributed by atoms with Gasteiger partial charge in [-0.05, 0) is 48.0 Å². The molecule has 0 saturated carbocycles. The molecule has 2 rings (SSSR count). The van der Waals surface area contributed by atoms with Gasteiger partial charge in [0.2, 0.25) is 5.78 Å². The first-order chi connectivity index (χ1) is 11.5. The fraction of sp³-hybridized carbons (Fsp3) is 0.111. The van der Waals surface area contributed by atoms with Gasteiger partial charge in [-0.25, -0.2) is 0 Å². The summed E-state index contributed by atoms with van der Waals surface area (Å²) in [4.78, 5) is 12.4. The standard InChI is InChI=1S/C18H14ClNO4/c1-23-14-5-3-12(4-6-14)17(21)13(10-20)7-11-8-15(19)18(22)16(9-11)24-2/h3-9,22H,1-2H3/b13-7+. The molecule has 0 saturated heterocycles. The van der Waals surface area contributed by atoms with E-state index in [0.29, 0.717) is 16.9 Å². The predicted molar refractivity (Wildman–Crippen MR) is 90.6 cm³/mol. The first-order valence-electron chi connectivity index (χ1n) is 6.87. The van der Waals surface area contributed by atoms with E-state index < -0.39 is 5.78 Å². The van der Waals surface area contributed by atoms with E-state index in [2.05, 4.69) is 0 Å². The van der Waals surface area contributed by atoms with Crippen molar-refractivity contribution in [2.24, 2.45) is 0 Å². The summed E-state index contributed by atoms with van der Waals surface area (Å²) < 4.78 is 10.0. The normalized spacial score (nSPS) is 10.8. The summed E-state index contributed by atoms with van der Waals surface area (Å²) in [6.45, 7) is 0. The van der Waals surface area contributed by atoms with E-state index >= 15 is 0 Å². The monoisotopic (exact) mass is 343 g/mol. The number of aromatic hydroxyl groups is 1. The van der Waals surface area contributed by atoms with Crippen molar-refractivity contribution in [3.05, 3.63) is 58.1 Å². The summed E-state index contributed by atoms with van der Waals surface area (Å²) >= 11 is 5.91. The van der Waals surface area contributed by atoms with Crippen LogP contribution in [0.5, 0.6) is 17.2 Å². The lowest BCUT2D eigenvalue weighted by atomic mass is 10.0. The number of methoxy groups -OCH3 is 2. The Morgan fingerprint density at radius 1 is 1.21 bits per heavy atom. The number of benzene rings is 2. The molecule has 0 fully saturated rings. The molecule has 0 amide bonds. The van der Waals surface area contributed by atoms with Crippen LogP contribution in [0.25, 0.3) is 6.08 Å². The lowest BCUT2D eigenvalue weighted by molar-refractivity contribution is 0.104. The quantitative estimate of drug-likeness (QED) is 0.506. The number of nitriles is 1. The van der Waals surface area contributed by atoms with E-state index in [0.717, 1.165) is 0 Å². The summed E-state index contributed by atoms with van der Waals surface area (Å²) in [7, 11) is 2.91. The van der Waals surface area contributed by atoms with Gasteiger partial charge in [-0.3, -0.25) is 4.79 Å². The fourth-order valence-electron chi connectivity index (χ4n) is 2.05. The van der Waals surface area contributed by atoms with E-state index in [1.54, 1.807) is 24.3 Å². The van der Waals surface area contributed by atoms with E-state index in [4.69, 9.17) is 21.1 Å². The third-order valence-corrected chi connectivity index (χ3v) is 3.59. The second-order valence-corrected chi connectivity index (χ2v) is 5.19. The van der Waals surface area contributed by atoms with Gasteiger partial charge in [-0.15, -0.1) is 0 Å². The molecule has 0 atom stereocenters. The fourth-order valence-corrected chi connectivity index (χ4v) is 2.26. The lowest BCUT2D eigenvalue weighted by Gasteiger charge is -2.07. The van der Waals surface area contributed by atoms with Gasteiger partial charge in [0.05, 0.1) is 19.2 Å². The van der Waals surface area contributed by atoms with Crippen LogP contribution < -0.4 is 9.47 Å². The topological polar surface area (TPSA) is 79.6 Å². The molecule has 2 aromatic carbocycles. The molecule has 0 bridgehead atoms. The van der Waals surface area contributed by atoms with Gasteiger partial charge in [0.15, 0.2) is 11.5 Å². The minimum absolute atomic E-state index is 0.0646. The van der Waals surface area contributed by atoms with Crippen molar-refractivity contribution in [3.8, 4) is 23.3 Å². The Hall–Kier alpha value is -2.97. The number of phenolic OH excluding ortho intramolecular Hbond substituents is 1. The van der Waals surface area contributed by atoms with Crippen LogP contribution in [0.2, 0.25) is 5.02 Å². The zero-order valence-electron chi connectivity index (χ0n) is 13.0. The summed E-state index contributed by atoms with van der Waals surface area (Å²) in [6, 6.07) is 11.3. The molecule has 0 aliphatic carbocycles. The SMILES string of the molecule is COc1ccc(C(=O)/C(C#N)=C/c2cc(Cl)c(O)c(OC)c2)cc1. The first kappa shape index (κ1) is 17.4. The highest BCUT2D eigenvalue weighted by molar-refractivity contribution is 6.32. The summed E-state index contributed by atoms with van der Waals surface area (Å²) in [5.41, 5.74) is 0.762. The van der Waals surface area contributed by atoms with Gasteiger partial charge >= 0.3 is 0 Å². The molecular formula is C18H14ClNO4. The van der Waals surface area contributed by atoms with E-state index in [1.165, 1.54) is 32.4 Å². The average molecular weight is 344 g/mol. The van der Waals surface area contributed by atoms with Crippen LogP contribution in [0.15, 0.2) is 42.0 Å². The molecule has 0 radical (unpaired) electrons. The zero-order valence-corrected chi connectivity index (χ0v) is 13.8. The van der Waals surface area contributed by atoms with Crippen LogP contribution in [0, 0.1) is 11.3 Å². The maximum atomic E-state index is 12.4. The van der Waals surface area contributed by atoms with Gasteiger partial charge in [0.25, 0.3) is 0 Å². The molecule has 1 N–H and O–H groups in total. The maximum Gasteiger partial charge on any atom is 0.203 e. The number of rotatable bonds is 5. The molecule has 2 aromatic rings. The molecule has 5 nitrogen and oxygen atoms in total. The average Bonchev–Trinajstić information content (AvgIpc) is 2.61. The number of nitrogens with zero attached hydrogens (tertiary/aromatic N) is 1. The van der Waals surface area contributed by atoms with Crippen molar-refractivity contribution in [2.75, 3.05) is 14.2 Å². The van der Waals surface area contributed by atoms with Gasteiger partial charge in [0.1, 0.15) is 17.4 Å². The van der Waals surface area contributed by atoms with Crippen LogP contribution in [0.3, 0.4) is 0 Å². The Labute approximate surface area is 144 Å². The summed E-state index contributed by atoms with van der Waals surface area (Å²) in [5.74, 6) is 0.145. The van der Waals surface area contributed by atoms with E-state index in [1.807, 2.05) is 6.07 Å². The molecular weight excluding hydrogens is 330 g/mol. The molecule has 122 valence electrons. The van der Waals surface area contributed by atoms with Gasteiger partial charge in [-0.1, -0.05) is 11.6 Å². The molecule has 0 aliphatic heterocycles. The molecule has 24 heavy (non-hydrogen) atoms. The highest BCUT2D eigenvalue weighted by Crippen LogP contribution is 2.35. The van der Waals surface area contributed by atoms with Crippen molar-refractivity contribution in [1.82, 2.24) is 0 Å². The van der Waals surface area contributed by atoms with Crippen LogP contribution in [0.4, 0.5) is 0 Å². The maximum absolute atomic E-state index is 12.4. The highest BCUT2D eigenvalue weighted by atomic mass is 35.5. The molecule has 0 aliphatic rings. The van der Waals surface area contributed by atoms with Crippen LogP contribution >= 0.6 is 11.6 Å². The van der Waals surface area contributed by atoms with Gasteiger partial charge in [-0.2, -0.15) is 5.26 Å². The molecule has 0 unspecified atom stereocenters. The van der Waals surface area contributed by atoms with Crippen molar-refractivity contribution in [3.63, 3.8) is 0 Å². The van der Waals surface area contributed by atoms with E-state index in [-0.39, 0.29) is 22.1 Å². The van der Waals surface area contributed by atoms with Crippen molar-refractivity contribution in [2.45, 2.75) is 0 Å². The minimum atomic E-state index is -0.427. The number of phenols is 1. The highest BCUT2D eigenvalue weighted by Gasteiger charge is 2.14. The number of hydrogen-bond donors (Lipinski definition) is 1. The Morgan fingerprint density at radius 3 is 2.42 bits per heavy atom. The summed E-state index contributed by atoms with van der Waals surface area (Å²) in [5, 5.41) is 19.1. The molecule has 0 heterocycles. The largest absolute Gasteiger partial charge is 0.503 e. The number of Topliss-reactive ketones (excluding diaryl/α,β-unsaturated/α-hetero) is 1. The Balaban J connectivity index is 2.40.